The van der Waals surface area contributed by atoms with Crippen LogP contribution >= 0.6 is 0 Å². The Morgan fingerprint density at radius 2 is 1.59 bits per heavy atom. The second-order valence-corrected chi connectivity index (χ2v) is 29.0. The maximum absolute atomic E-state index is 13.8. The second-order valence-electron chi connectivity index (χ2n) is 19.4. The van der Waals surface area contributed by atoms with Gasteiger partial charge in [-0.05, 0) is 85.6 Å². The fourth-order valence-electron chi connectivity index (χ4n) is 7.21. The van der Waals surface area contributed by atoms with Crippen LogP contribution in [0, 0.1) is 5.92 Å². The zero-order valence-electron chi connectivity index (χ0n) is 37.4. The van der Waals surface area contributed by atoms with Crippen molar-refractivity contribution in [3.8, 4) is 5.75 Å². The largest absolute Gasteiger partial charge is 0.488 e. The summed E-state index contributed by atoms with van der Waals surface area (Å²) in [6, 6.07) is 12.5. The molecule has 0 radical (unpaired) electrons. The summed E-state index contributed by atoms with van der Waals surface area (Å²) in [6.45, 7) is 33.7. The van der Waals surface area contributed by atoms with Crippen LogP contribution in [0.25, 0.3) is 11.0 Å². The van der Waals surface area contributed by atoms with E-state index in [1.54, 1.807) is 0 Å². The van der Waals surface area contributed by atoms with Gasteiger partial charge in [0.1, 0.15) is 24.0 Å². The highest BCUT2D eigenvalue weighted by Gasteiger charge is 2.69. The van der Waals surface area contributed by atoms with Crippen LogP contribution in [0.1, 0.15) is 130 Å². The maximum Gasteiger partial charge on any atom is 0.343 e. The number of hydrogen-bond donors (Lipinski definition) is 1. The third kappa shape index (κ3) is 10.2. The minimum absolute atomic E-state index is 0.0172. The molecule has 0 aliphatic carbocycles. The van der Waals surface area contributed by atoms with Gasteiger partial charge in [-0.25, -0.2) is 4.79 Å². The molecule has 1 aliphatic heterocycles. The average molecular weight is 811 g/mol. The fraction of sp³-hybridized carbons (Fsp3) is 0.674. The molecule has 56 heavy (non-hydrogen) atoms. The Labute approximate surface area is 340 Å². The van der Waals surface area contributed by atoms with Crippen LogP contribution in [0.3, 0.4) is 0 Å². The molecule has 0 spiro atoms. The van der Waals surface area contributed by atoms with E-state index >= 15 is 0 Å². The molecule has 8 nitrogen and oxygen atoms in total. The predicted molar refractivity (Wildman–Crippen MR) is 232 cm³/mol. The molecule has 1 aliphatic rings. The van der Waals surface area contributed by atoms with Crippen LogP contribution in [0.2, 0.25) is 36.3 Å². The van der Waals surface area contributed by atoms with E-state index in [9.17, 15) is 9.90 Å². The Hall–Kier alpha value is -2.48. The summed E-state index contributed by atoms with van der Waals surface area (Å²) in [5, 5.41) is 13.4. The van der Waals surface area contributed by atoms with Crippen LogP contribution < -0.4 is 4.74 Å². The summed E-state index contributed by atoms with van der Waals surface area (Å²) < 4.78 is 39.3. The smallest absolute Gasteiger partial charge is 0.343 e. The van der Waals surface area contributed by atoms with Crippen LogP contribution in [-0.2, 0) is 42.8 Å². The van der Waals surface area contributed by atoms with Crippen molar-refractivity contribution in [3.63, 3.8) is 0 Å². The molecule has 1 N–H and O–H groups in total. The van der Waals surface area contributed by atoms with Crippen molar-refractivity contribution in [2.75, 3.05) is 6.61 Å². The van der Waals surface area contributed by atoms with Crippen LogP contribution in [0.4, 0.5) is 0 Å². The standard InChI is InChI=1S/C46H74O8Si2/c1-16-22-34(38(47)27-40(54-56(14,15)45(9,10)11)46(39(17-2)53-46)43(48)49-18-3)36-29-51-42-35(36)26-33(25-31(4)5)41(50-28-32-23-20-19-21-24-32)37(42)30-52-55(12,13)44(6,7)8/h19-21,23-24,26,29,31,34,38-40,47H,16-18,22,25,27-28,30H2,1-15H3/t34-,38+,39-,40+,46+/m0/s1. The van der Waals surface area contributed by atoms with Gasteiger partial charge in [0.15, 0.2) is 16.6 Å². The van der Waals surface area contributed by atoms with E-state index in [1.165, 1.54) is 0 Å². The van der Waals surface area contributed by atoms with E-state index in [2.05, 4.69) is 107 Å². The third-order valence-corrected chi connectivity index (χ3v) is 21.6. The van der Waals surface area contributed by atoms with E-state index in [0.717, 1.165) is 51.8 Å². The normalized spacial score (nSPS) is 19.6. The van der Waals surface area contributed by atoms with Crippen molar-refractivity contribution in [1.29, 1.82) is 0 Å². The Kier molecular flexibility index (Phi) is 15.0. The van der Waals surface area contributed by atoms with Crippen LogP contribution in [0.15, 0.2) is 47.1 Å². The van der Waals surface area contributed by atoms with E-state index in [1.807, 2.05) is 38.3 Å². The van der Waals surface area contributed by atoms with Crippen molar-refractivity contribution < 1.29 is 37.4 Å². The van der Waals surface area contributed by atoms with Gasteiger partial charge in [0.05, 0.1) is 37.2 Å². The summed E-state index contributed by atoms with van der Waals surface area (Å²) in [6.07, 6.45) is 3.19. The van der Waals surface area contributed by atoms with Crippen molar-refractivity contribution in [2.24, 2.45) is 5.92 Å². The fourth-order valence-corrected chi connectivity index (χ4v) is 9.48. The van der Waals surface area contributed by atoms with Gasteiger partial charge in [0, 0.05) is 23.3 Å². The van der Waals surface area contributed by atoms with Crippen molar-refractivity contribution >= 4 is 33.6 Å². The topological polar surface area (TPSA) is 99.9 Å². The van der Waals surface area contributed by atoms with Crippen molar-refractivity contribution in [2.45, 2.75) is 188 Å². The Balaban J connectivity index is 1.86. The number of fused-ring (bicyclic) bond motifs is 1. The lowest BCUT2D eigenvalue weighted by atomic mass is 9.83. The molecule has 1 aromatic heterocycles. The number of carbonyl (C=O) groups excluding carboxylic acids is 1. The first kappa shape index (κ1) is 46.2. The quantitative estimate of drug-likeness (QED) is 0.0684. The summed E-state index contributed by atoms with van der Waals surface area (Å²) in [4.78, 5) is 13.8. The number of rotatable bonds is 20. The second kappa shape index (κ2) is 18.2. The number of benzene rings is 2. The molecule has 0 unspecified atom stereocenters. The third-order valence-electron chi connectivity index (χ3n) is 12.6. The lowest BCUT2D eigenvalue weighted by Gasteiger charge is -2.41. The van der Waals surface area contributed by atoms with Gasteiger partial charge in [-0.2, -0.15) is 0 Å². The Morgan fingerprint density at radius 1 is 0.946 bits per heavy atom. The lowest BCUT2D eigenvalue weighted by Crippen LogP contribution is -2.53. The first-order chi connectivity index (χ1) is 26.0. The molecule has 5 atom stereocenters. The van der Waals surface area contributed by atoms with Gasteiger partial charge in [-0.15, -0.1) is 0 Å². The zero-order valence-corrected chi connectivity index (χ0v) is 39.4. The van der Waals surface area contributed by atoms with Crippen molar-refractivity contribution in [1.82, 2.24) is 0 Å². The molecule has 4 rings (SSSR count). The van der Waals surface area contributed by atoms with E-state index in [4.69, 9.17) is 27.5 Å². The van der Waals surface area contributed by atoms with Gasteiger partial charge in [-0.1, -0.05) is 106 Å². The molecule has 314 valence electrons. The number of hydrogen-bond acceptors (Lipinski definition) is 8. The molecular formula is C46H74O8Si2. The summed E-state index contributed by atoms with van der Waals surface area (Å²) in [7, 11) is -4.59. The predicted octanol–water partition coefficient (Wildman–Crippen LogP) is 11.9. The van der Waals surface area contributed by atoms with Gasteiger partial charge in [-0.3, -0.25) is 0 Å². The van der Waals surface area contributed by atoms with Crippen LogP contribution in [-0.4, -0.2) is 58.2 Å². The molecule has 10 heteroatoms. The van der Waals surface area contributed by atoms with Gasteiger partial charge in [0.2, 0.25) is 5.60 Å². The summed E-state index contributed by atoms with van der Waals surface area (Å²) in [5.41, 5.74) is 3.53. The Morgan fingerprint density at radius 3 is 2.12 bits per heavy atom. The van der Waals surface area contributed by atoms with E-state index < -0.39 is 40.4 Å². The monoisotopic (exact) mass is 810 g/mol. The number of esters is 1. The molecule has 2 aromatic carbocycles. The van der Waals surface area contributed by atoms with Crippen LogP contribution in [0.5, 0.6) is 5.75 Å². The van der Waals surface area contributed by atoms with E-state index in [-0.39, 0.29) is 35.1 Å². The number of aliphatic hydroxyl groups excluding tert-OH is 1. The first-order valence-corrected chi connectivity index (χ1v) is 26.9. The molecule has 3 aromatic rings. The van der Waals surface area contributed by atoms with Gasteiger partial charge < -0.3 is 32.6 Å². The lowest BCUT2D eigenvalue weighted by molar-refractivity contribution is -0.154. The maximum atomic E-state index is 13.8. The highest BCUT2D eigenvalue weighted by Crippen LogP contribution is 2.50. The minimum Gasteiger partial charge on any atom is -0.488 e. The number of ether oxygens (including phenoxy) is 3. The number of carbonyl (C=O) groups is 1. The molecule has 0 amide bonds. The van der Waals surface area contributed by atoms with Gasteiger partial charge >= 0.3 is 5.97 Å². The highest BCUT2D eigenvalue weighted by molar-refractivity contribution is 6.74. The summed E-state index contributed by atoms with van der Waals surface area (Å²) in [5.74, 6) is 0.488. The molecule has 0 saturated carbocycles. The number of aliphatic hydroxyl groups is 1. The zero-order chi connectivity index (χ0) is 41.9. The molecule has 0 bridgehead atoms. The first-order valence-electron chi connectivity index (χ1n) is 21.1. The Bertz CT molecular complexity index is 1740. The number of epoxide rings is 1. The van der Waals surface area contributed by atoms with Crippen molar-refractivity contribution in [3.05, 3.63) is 64.9 Å². The number of furan rings is 1. The van der Waals surface area contributed by atoms with E-state index in [0.29, 0.717) is 32.0 Å². The highest BCUT2D eigenvalue weighted by atomic mass is 28.4. The molecule has 1 saturated heterocycles. The molecule has 1 fully saturated rings. The van der Waals surface area contributed by atoms with Gasteiger partial charge in [0.25, 0.3) is 0 Å². The minimum atomic E-state index is -2.43. The molecule has 2 heterocycles. The summed E-state index contributed by atoms with van der Waals surface area (Å²) >= 11 is 0. The molecular weight excluding hydrogens is 737 g/mol. The average Bonchev–Trinajstić information content (AvgIpc) is 3.72. The SMILES string of the molecule is CCC[C@@H](c1coc2c(CO[Si](C)(C)C(C)(C)C)c(OCc3ccccc3)c(CC(C)C)cc12)[C@H](O)C[C@@H](O[Si](C)(C)C(C)(C)C)[C@]1(C(=O)OCC)O[C@H]1CC.